The van der Waals surface area contributed by atoms with E-state index in [1.165, 1.54) is 17.7 Å². The minimum atomic E-state index is -0.761. The van der Waals surface area contributed by atoms with Gasteiger partial charge in [-0.1, -0.05) is 11.6 Å². The van der Waals surface area contributed by atoms with E-state index in [0.29, 0.717) is 21.8 Å². The minimum Gasteiger partial charge on any atom is -0.293 e. The van der Waals surface area contributed by atoms with Gasteiger partial charge in [-0.15, -0.1) is 11.8 Å². The number of carbonyl (C=O) groups is 1. The summed E-state index contributed by atoms with van der Waals surface area (Å²) in [5.41, 5.74) is 1.63. The van der Waals surface area contributed by atoms with Crippen LogP contribution in [0.1, 0.15) is 34.4 Å². The molecule has 0 spiro atoms. The van der Waals surface area contributed by atoms with Crippen LogP contribution in [-0.2, 0) is 5.75 Å². The van der Waals surface area contributed by atoms with Gasteiger partial charge in [0.2, 0.25) is 0 Å². The van der Waals surface area contributed by atoms with Crippen LogP contribution in [0.25, 0.3) is 5.69 Å². The van der Waals surface area contributed by atoms with Crippen molar-refractivity contribution in [1.29, 1.82) is 0 Å². The van der Waals surface area contributed by atoms with Gasteiger partial charge < -0.3 is 0 Å². The van der Waals surface area contributed by atoms with Crippen molar-refractivity contribution in [3.63, 3.8) is 0 Å². The molecule has 3 aromatic heterocycles. The van der Waals surface area contributed by atoms with E-state index < -0.39 is 17.2 Å². The van der Waals surface area contributed by atoms with Crippen LogP contribution in [0.5, 0.6) is 0 Å². The third kappa shape index (κ3) is 4.38. The quantitative estimate of drug-likeness (QED) is 0.430. The summed E-state index contributed by atoms with van der Waals surface area (Å²) < 4.78 is 28.2. The van der Waals surface area contributed by atoms with E-state index in [-0.39, 0.29) is 27.9 Å². The summed E-state index contributed by atoms with van der Waals surface area (Å²) in [4.78, 5) is 32.9. The second kappa shape index (κ2) is 8.42. The number of pyridine rings is 3. The van der Waals surface area contributed by atoms with Crippen LogP contribution >= 0.6 is 23.4 Å². The molecule has 0 aliphatic carbocycles. The Kier molecular flexibility index (Phi) is 6.14. The van der Waals surface area contributed by atoms with Crippen molar-refractivity contribution in [2.75, 3.05) is 0 Å². The molecule has 3 rings (SSSR count). The van der Waals surface area contributed by atoms with E-state index in [0.717, 1.165) is 24.0 Å². The fourth-order valence-corrected chi connectivity index (χ4v) is 4.00. The highest BCUT2D eigenvalue weighted by molar-refractivity contribution is 7.98. The van der Waals surface area contributed by atoms with Crippen molar-refractivity contribution in [2.24, 2.45) is 0 Å². The maximum Gasteiger partial charge on any atom is 0.275 e. The maximum absolute atomic E-state index is 13.8. The largest absolute Gasteiger partial charge is 0.293 e. The molecule has 0 aliphatic heterocycles. The summed E-state index contributed by atoms with van der Waals surface area (Å²) in [6, 6.07) is 4.00. The molecule has 0 atom stereocenters. The SMILES string of the molecule is CC(=O)c1cc(-n2c(C)cc(SCc3ncc(F)cc3F)c(Cl)c2=O)c(C)cn1. The van der Waals surface area contributed by atoms with Crippen molar-refractivity contribution in [3.05, 3.63) is 80.2 Å². The molecule has 5 nitrogen and oxygen atoms in total. The molecule has 0 saturated heterocycles. The summed E-state index contributed by atoms with van der Waals surface area (Å²) in [6.07, 6.45) is 2.46. The van der Waals surface area contributed by atoms with Crippen LogP contribution in [0.2, 0.25) is 5.02 Å². The molecule has 150 valence electrons. The predicted octanol–water partition coefficient (Wildman–Crippen LogP) is 4.67. The van der Waals surface area contributed by atoms with Gasteiger partial charge in [0.05, 0.1) is 17.6 Å². The number of aromatic nitrogens is 3. The first-order chi connectivity index (χ1) is 13.7. The first-order valence-electron chi connectivity index (χ1n) is 8.52. The maximum atomic E-state index is 13.8. The van der Waals surface area contributed by atoms with Crippen molar-refractivity contribution in [1.82, 2.24) is 14.5 Å². The summed E-state index contributed by atoms with van der Waals surface area (Å²) in [6.45, 7) is 4.90. The number of rotatable bonds is 5. The smallest absolute Gasteiger partial charge is 0.275 e. The molecule has 0 N–H and O–H groups in total. The zero-order chi connectivity index (χ0) is 21.3. The normalized spacial score (nSPS) is 11.0. The average molecular weight is 436 g/mol. The Labute approximate surface area is 174 Å². The molecule has 0 unspecified atom stereocenters. The lowest BCUT2D eigenvalue weighted by Crippen LogP contribution is -2.23. The molecule has 29 heavy (non-hydrogen) atoms. The zero-order valence-electron chi connectivity index (χ0n) is 15.8. The van der Waals surface area contributed by atoms with E-state index in [1.54, 1.807) is 26.0 Å². The van der Waals surface area contributed by atoms with Gasteiger partial charge in [0.15, 0.2) is 5.78 Å². The fourth-order valence-electron chi connectivity index (χ4n) is 2.73. The number of ketones is 1. The van der Waals surface area contributed by atoms with Crippen molar-refractivity contribution < 1.29 is 13.6 Å². The lowest BCUT2D eigenvalue weighted by atomic mass is 10.1. The van der Waals surface area contributed by atoms with Gasteiger partial charge in [-0.05, 0) is 31.5 Å². The third-order valence-electron chi connectivity index (χ3n) is 4.22. The number of Topliss-reactive ketones (excluding diaryl/α,β-unsaturated/α-hetero) is 1. The van der Waals surface area contributed by atoms with Gasteiger partial charge in [0.1, 0.15) is 22.4 Å². The highest BCUT2D eigenvalue weighted by Gasteiger charge is 2.17. The topological polar surface area (TPSA) is 64.8 Å². The summed E-state index contributed by atoms with van der Waals surface area (Å²) >= 11 is 7.42. The Morgan fingerprint density at radius 3 is 2.55 bits per heavy atom. The second-order valence-corrected chi connectivity index (χ2v) is 7.78. The van der Waals surface area contributed by atoms with E-state index in [2.05, 4.69) is 9.97 Å². The average Bonchev–Trinajstić information content (AvgIpc) is 2.66. The van der Waals surface area contributed by atoms with Crippen LogP contribution < -0.4 is 5.56 Å². The van der Waals surface area contributed by atoms with E-state index in [9.17, 15) is 18.4 Å². The van der Waals surface area contributed by atoms with E-state index in [1.807, 2.05) is 0 Å². The number of halogens is 3. The number of hydrogen-bond donors (Lipinski definition) is 0. The molecule has 0 aliphatic rings. The van der Waals surface area contributed by atoms with Crippen molar-refractivity contribution in [3.8, 4) is 5.69 Å². The van der Waals surface area contributed by atoms with Gasteiger partial charge in [-0.3, -0.25) is 24.1 Å². The first kappa shape index (κ1) is 21.1. The monoisotopic (exact) mass is 435 g/mol. The first-order valence-corrected chi connectivity index (χ1v) is 9.88. The fraction of sp³-hybridized carbons (Fsp3) is 0.200. The second-order valence-electron chi connectivity index (χ2n) is 6.39. The minimum absolute atomic E-state index is 0.0382. The Balaban J connectivity index is 2.00. The third-order valence-corrected chi connectivity index (χ3v) is 5.75. The highest BCUT2D eigenvalue weighted by atomic mass is 35.5. The number of aryl methyl sites for hydroxylation is 2. The van der Waals surface area contributed by atoms with Crippen LogP contribution in [0.15, 0.2) is 40.3 Å². The van der Waals surface area contributed by atoms with Gasteiger partial charge >= 0.3 is 0 Å². The Hall–Kier alpha value is -2.58. The number of carbonyl (C=O) groups excluding carboxylic acids is 1. The van der Waals surface area contributed by atoms with Gasteiger partial charge in [-0.25, -0.2) is 8.78 Å². The molecular formula is C20H16ClF2N3O2S. The Bertz CT molecular complexity index is 1180. The lowest BCUT2D eigenvalue weighted by molar-refractivity contribution is 0.101. The van der Waals surface area contributed by atoms with E-state index in [4.69, 9.17) is 11.6 Å². The Morgan fingerprint density at radius 2 is 1.90 bits per heavy atom. The van der Waals surface area contributed by atoms with Crippen molar-refractivity contribution in [2.45, 2.75) is 31.4 Å². The summed E-state index contributed by atoms with van der Waals surface area (Å²) in [5, 5.41) is -0.0382. The Morgan fingerprint density at radius 1 is 1.17 bits per heavy atom. The van der Waals surface area contributed by atoms with Crippen LogP contribution in [0.3, 0.4) is 0 Å². The van der Waals surface area contributed by atoms with Crippen LogP contribution in [0.4, 0.5) is 8.78 Å². The zero-order valence-corrected chi connectivity index (χ0v) is 17.4. The molecule has 0 radical (unpaired) electrons. The highest BCUT2D eigenvalue weighted by Crippen LogP contribution is 2.30. The molecule has 0 bridgehead atoms. The summed E-state index contributed by atoms with van der Waals surface area (Å²) in [7, 11) is 0. The molecule has 3 heterocycles. The molecule has 3 aromatic rings. The van der Waals surface area contributed by atoms with Gasteiger partial charge in [0.25, 0.3) is 5.56 Å². The molecular weight excluding hydrogens is 420 g/mol. The number of nitrogens with zero attached hydrogens (tertiary/aromatic N) is 3. The molecule has 9 heteroatoms. The molecule has 0 saturated carbocycles. The number of hydrogen-bond acceptors (Lipinski definition) is 5. The van der Waals surface area contributed by atoms with Crippen molar-refractivity contribution >= 4 is 29.1 Å². The lowest BCUT2D eigenvalue weighted by Gasteiger charge is -2.16. The standard InChI is InChI=1S/C20H16ClF2N3O2S/c1-10-7-24-15(12(3)27)6-17(10)26-11(2)4-18(19(21)20(26)28)29-9-16-14(23)5-13(22)8-25-16/h4-8H,9H2,1-3H3. The molecule has 0 amide bonds. The number of thioether (sulfide) groups is 1. The van der Waals surface area contributed by atoms with Gasteiger partial charge in [0, 0.05) is 35.5 Å². The van der Waals surface area contributed by atoms with Crippen LogP contribution in [0, 0.1) is 25.5 Å². The van der Waals surface area contributed by atoms with E-state index >= 15 is 0 Å². The summed E-state index contributed by atoms with van der Waals surface area (Å²) in [5.74, 6) is -1.66. The van der Waals surface area contributed by atoms with Gasteiger partial charge in [-0.2, -0.15) is 0 Å². The molecule has 0 aromatic carbocycles. The van der Waals surface area contributed by atoms with Crippen LogP contribution in [-0.4, -0.2) is 20.3 Å². The predicted molar refractivity (Wildman–Crippen MR) is 108 cm³/mol. The molecule has 0 fully saturated rings.